The highest BCUT2D eigenvalue weighted by Gasteiger charge is 2.30. The fourth-order valence-corrected chi connectivity index (χ4v) is 1.33. The molecule has 0 bridgehead atoms. The summed E-state index contributed by atoms with van der Waals surface area (Å²) in [6.45, 7) is 1.39. The van der Waals surface area contributed by atoms with Crippen molar-refractivity contribution in [1.29, 1.82) is 0 Å². The van der Waals surface area contributed by atoms with E-state index in [9.17, 15) is 13.2 Å². The molecule has 1 aromatic rings. The van der Waals surface area contributed by atoms with Crippen molar-refractivity contribution in [3.63, 3.8) is 0 Å². The van der Waals surface area contributed by atoms with Crippen molar-refractivity contribution in [3.05, 3.63) is 11.2 Å². The summed E-state index contributed by atoms with van der Waals surface area (Å²) >= 11 is 5.74. The minimum Gasteiger partial charge on any atom is -0.467 e. The highest BCUT2D eigenvalue weighted by molar-refractivity contribution is 6.32. The van der Waals surface area contributed by atoms with Crippen LogP contribution in [0.15, 0.2) is 6.20 Å². The molecule has 4 nitrogen and oxygen atoms in total. The Morgan fingerprint density at radius 2 is 2.18 bits per heavy atom. The molecule has 0 aromatic carbocycles. The van der Waals surface area contributed by atoms with Gasteiger partial charge < -0.3 is 10.1 Å². The topological polar surface area (TPSA) is 47.0 Å². The summed E-state index contributed by atoms with van der Waals surface area (Å²) in [5.41, 5.74) is 0. The number of hydrogen-bond acceptors (Lipinski definition) is 4. The van der Waals surface area contributed by atoms with Gasteiger partial charge in [-0.05, 0) is 6.92 Å². The summed E-state index contributed by atoms with van der Waals surface area (Å²) in [6, 6.07) is -0.803. The second-order valence-electron chi connectivity index (χ2n) is 3.42. The molecule has 1 aromatic heterocycles. The van der Waals surface area contributed by atoms with Gasteiger partial charge in [0.25, 0.3) is 0 Å². The third kappa shape index (κ3) is 4.64. The molecule has 1 N–H and O–H groups in total. The van der Waals surface area contributed by atoms with Crippen LogP contribution in [-0.2, 0) is 0 Å². The second-order valence-corrected chi connectivity index (χ2v) is 3.83. The van der Waals surface area contributed by atoms with Crippen molar-refractivity contribution in [2.24, 2.45) is 0 Å². The molecule has 0 aliphatic heterocycles. The van der Waals surface area contributed by atoms with Crippen LogP contribution >= 0.6 is 11.6 Å². The molecule has 0 aliphatic carbocycles. The maximum Gasteiger partial charge on any atom is 0.391 e. The van der Waals surface area contributed by atoms with E-state index in [2.05, 4.69) is 15.3 Å². The van der Waals surface area contributed by atoms with Gasteiger partial charge in [-0.15, -0.1) is 0 Å². The van der Waals surface area contributed by atoms with E-state index < -0.39 is 18.6 Å². The molecule has 0 spiro atoms. The van der Waals surface area contributed by atoms with Gasteiger partial charge in [0.2, 0.25) is 0 Å². The first-order valence-corrected chi connectivity index (χ1v) is 5.09. The monoisotopic (exact) mass is 269 g/mol. The van der Waals surface area contributed by atoms with E-state index in [1.54, 1.807) is 0 Å². The molecule has 0 aliphatic rings. The minimum atomic E-state index is -4.24. The summed E-state index contributed by atoms with van der Waals surface area (Å²) in [6.07, 6.45) is -3.96. The van der Waals surface area contributed by atoms with Gasteiger partial charge in [-0.1, -0.05) is 11.6 Å². The van der Waals surface area contributed by atoms with E-state index in [1.807, 2.05) is 0 Å². The molecule has 8 heteroatoms. The fourth-order valence-electron chi connectivity index (χ4n) is 1.18. The largest absolute Gasteiger partial charge is 0.467 e. The van der Waals surface area contributed by atoms with E-state index in [-0.39, 0.29) is 16.9 Å². The number of nitrogens with one attached hydrogen (secondary N) is 1. The zero-order chi connectivity index (χ0) is 13.1. The van der Waals surface area contributed by atoms with Gasteiger partial charge in [-0.25, -0.2) is 4.98 Å². The van der Waals surface area contributed by atoms with Crippen molar-refractivity contribution < 1.29 is 17.9 Å². The fraction of sp³-hybridized carbons (Fsp3) is 0.556. The van der Waals surface area contributed by atoms with E-state index in [0.29, 0.717) is 0 Å². The first kappa shape index (κ1) is 13.8. The van der Waals surface area contributed by atoms with Crippen molar-refractivity contribution >= 4 is 17.4 Å². The molecule has 0 saturated heterocycles. The van der Waals surface area contributed by atoms with E-state index in [4.69, 9.17) is 16.3 Å². The number of hydrogen-bond donors (Lipinski definition) is 1. The van der Waals surface area contributed by atoms with Crippen LogP contribution in [0.1, 0.15) is 13.3 Å². The summed E-state index contributed by atoms with van der Waals surface area (Å²) in [7, 11) is 1.35. The predicted molar refractivity (Wildman–Crippen MR) is 57.4 cm³/mol. The lowest BCUT2D eigenvalue weighted by Crippen LogP contribution is -2.24. The molecule has 1 unspecified atom stereocenters. The van der Waals surface area contributed by atoms with Crippen LogP contribution in [0, 0.1) is 0 Å². The molecule has 0 saturated carbocycles. The molecule has 1 rings (SSSR count). The summed E-state index contributed by atoms with van der Waals surface area (Å²) in [5.74, 6) is 0.121. The molecule has 0 amide bonds. The van der Waals surface area contributed by atoms with Gasteiger partial charge >= 0.3 is 12.2 Å². The lowest BCUT2D eigenvalue weighted by Gasteiger charge is -2.17. The second kappa shape index (κ2) is 5.39. The normalized spacial score (nSPS) is 13.3. The van der Waals surface area contributed by atoms with Crippen LogP contribution in [0.2, 0.25) is 5.02 Å². The number of rotatable bonds is 4. The van der Waals surface area contributed by atoms with Crippen molar-refractivity contribution in [2.75, 3.05) is 12.4 Å². The first-order valence-electron chi connectivity index (χ1n) is 4.71. The Labute approximate surface area is 101 Å². The third-order valence-electron chi connectivity index (χ3n) is 1.83. The Morgan fingerprint density at radius 3 is 2.71 bits per heavy atom. The number of nitrogens with zero attached hydrogens (tertiary/aromatic N) is 2. The van der Waals surface area contributed by atoms with Gasteiger partial charge in [-0.2, -0.15) is 18.2 Å². The Bertz CT molecular complexity index is 386. The average Bonchev–Trinajstić information content (AvgIpc) is 2.18. The van der Waals surface area contributed by atoms with Crippen molar-refractivity contribution in [2.45, 2.75) is 25.6 Å². The molecule has 96 valence electrons. The number of ether oxygens (including phenoxy) is 1. The van der Waals surface area contributed by atoms with Crippen LogP contribution in [0.3, 0.4) is 0 Å². The Kier molecular flexibility index (Phi) is 4.39. The number of alkyl halides is 3. The van der Waals surface area contributed by atoms with Crippen molar-refractivity contribution in [1.82, 2.24) is 9.97 Å². The maximum absolute atomic E-state index is 12.1. The minimum absolute atomic E-state index is 0.0381. The summed E-state index contributed by atoms with van der Waals surface area (Å²) in [5, 5.41) is 2.70. The number of methoxy groups -OCH3 is 1. The molecule has 1 atom stereocenters. The smallest absolute Gasteiger partial charge is 0.391 e. The van der Waals surface area contributed by atoms with Gasteiger partial charge in [0, 0.05) is 6.04 Å². The molecule has 0 fully saturated rings. The van der Waals surface area contributed by atoms with Crippen LogP contribution < -0.4 is 10.1 Å². The summed E-state index contributed by atoms with van der Waals surface area (Å²) in [4.78, 5) is 7.53. The standard InChI is InChI=1S/C9H11ClF3N3O/c1-5(3-9(11,12)13)15-7-6(10)4-14-8(16-7)17-2/h4-5H,3H2,1-2H3,(H,14,15,16). The molecular weight excluding hydrogens is 259 g/mol. The molecule has 17 heavy (non-hydrogen) atoms. The Morgan fingerprint density at radius 1 is 1.53 bits per heavy atom. The van der Waals surface area contributed by atoms with Gasteiger partial charge in [0.15, 0.2) is 5.82 Å². The van der Waals surface area contributed by atoms with E-state index in [1.165, 1.54) is 20.2 Å². The number of anilines is 1. The summed E-state index contributed by atoms with van der Waals surface area (Å²) < 4.78 is 41.1. The Hall–Kier alpha value is -1.24. The first-order chi connectivity index (χ1) is 7.81. The zero-order valence-corrected chi connectivity index (χ0v) is 9.93. The highest BCUT2D eigenvalue weighted by Crippen LogP contribution is 2.25. The van der Waals surface area contributed by atoms with Crippen LogP contribution in [0.5, 0.6) is 6.01 Å². The zero-order valence-electron chi connectivity index (χ0n) is 9.18. The molecule has 1 heterocycles. The van der Waals surface area contributed by atoms with Gasteiger partial charge in [-0.3, -0.25) is 0 Å². The Balaban J connectivity index is 2.73. The maximum atomic E-state index is 12.1. The third-order valence-corrected chi connectivity index (χ3v) is 2.10. The number of halogens is 4. The lowest BCUT2D eigenvalue weighted by molar-refractivity contribution is -0.136. The van der Waals surface area contributed by atoms with E-state index >= 15 is 0 Å². The van der Waals surface area contributed by atoms with Gasteiger partial charge in [0.1, 0.15) is 5.02 Å². The van der Waals surface area contributed by atoms with Crippen LogP contribution in [-0.4, -0.2) is 29.3 Å². The SMILES string of the molecule is COc1ncc(Cl)c(NC(C)CC(F)(F)F)n1. The quantitative estimate of drug-likeness (QED) is 0.913. The van der Waals surface area contributed by atoms with Gasteiger partial charge in [0.05, 0.1) is 19.7 Å². The lowest BCUT2D eigenvalue weighted by atomic mass is 10.2. The average molecular weight is 270 g/mol. The molecular formula is C9H11ClF3N3O. The number of aromatic nitrogens is 2. The molecule has 0 radical (unpaired) electrons. The van der Waals surface area contributed by atoms with Crippen molar-refractivity contribution in [3.8, 4) is 6.01 Å². The van der Waals surface area contributed by atoms with E-state index in [0.717, 1.165) is 0 Å². The highest BCUT2D eigenvalue weighted by atomic mass is 35.5. The van der Waals surface area contributed by atoms with Crippen LogP contribution in [0.25, 0.3) is 0 Å². The predicted octanol–water partition coefficient (Wildman–Crippen LogP) is 2.89. The van der Waals surface area contributed by atoms with Crippen LogP contribution in [0.4, 0.5) is 19.0 Å².